The predicted octanol–water partition coefficient (Wildman–Crippen LogP) is 2.66. The standard InChI is InChI=1S/C14H13N3O5/c1-8(21-14(18)10-2-3-10)12-15-16-13(22-12)9-4-6-11(7-5-9)17(19)20/h4-8,10H,2-3H2,1H3/t8-/m0/s1. The summed E-state index contributed by atoms with van der Waals surface area (Å²) in [7, 11) is 0. The fourth-order valence-corrected chi connectivity index (χ4v) is 1.88. The number of non-ortho nitro benzene ring substituents is 1. The first kappa shape index (κ1) is 14.2. The van der Waals surface area contributed by atoms with Crippen molar-refractivity contribution in [2.45, 2.75) is 25.9 Å². The fourth-order valence-electron chi connectivity index (χ4n) is 1.88. The largest absolute Gasteiger partial charge is 0.452 e. The van der Waals surface area contributed by atoms with E-state index < -0.39 is 11.0 Å². The summed E-state index contributed by atoms with van der Waals surface area (Å²) in [5.41, 5.74) is 0.542. The molecule has 0 spiro atoms. The van der Waals surface area contributed by atoms with Crippen molar-refractivity contribution in [3.8, 4) is 11.5 Å². The van der Waals surface area contributed by atoms with Crippen LogP contribution in [0, 0.1) is 16.0 Å². The highest BCUT2D eigenvalue weighted by Crippen LogP contribution is 2.32. The highest BCUT2D eigenvalue weighted by molar-refractivity contribution is 5.75. The van der Waals surface area contributed by atoms with Crippen LogP contribution in [0.1, 0.15) is 31.8 Å². The zero-order valence-electron chi connectivity index (χ0n) is 11.8. The molecule has 0 amide bonds. The van der Waals surface area contributed by atoms with Gasteiger partial charge in [-0.15, -0.1) is 10.2 Å². The van der Waals surface area contributed by atoms with Crippen molar-refractivity contribution in [1.29, 1.82) is 0 Å². The number of benzene rings is 1. The second-order valence-corrected chi connectivity index (χ2v) is 5.10. The van der Waals surface area contributed by atoms with Crippen LogP contribution in [0.3, 0.4) is 0 Å². The maximum Gasteiger partial charge on any atom is 0.309 e. The molecule has 3 rings (SSSR count). The minimum atomic E-state index is -0.618. The monoisotopic (exact) mass is 303 g/mol. The maximum atomic E-state index is 11.6. The molecule has 8 heteroatoms. The van der Waals surface area contributed by atoms with Gasteiger partial charge in [0.25, 0.3) is 11.6 Å². The van der Waals surface area contributed by atoms with Crippen molar-refractivity contribution < 1.29 is 18.9 Å². The van der Waals surface area contributed by atoms with E-state index in [0.717, 1.165) is 12.8 Å². The molecule has 1 aromatic carbocycles. The normalized spacial score (nSPS) is 15.3. The van der Waals surface area contributed by atoms with Gasteiger partial charge in [-0.1, -0.05) is 0 Å². The van der Waals surface area contributed by atoms with Crippen molar-refractivity contribution in [1.82, 2.24) is 10.2 Å². The first-order chi connectivity index (χ1) is 10.5. The van der Waals surface area contributed by atoms with E-state index in [4.69, 9.17) is 9.15 Å². The van der Waals surface area contributed by atoms with Crippen molar-refractivity contribution in [3.05, 3.63) is 40.3 Å². The number of ether oxygens (including phenoxy) is 1. The molecule has 8 nitrogen and oxygen atoms in total. The second-order valence-electron chi connectivity index (χ2n) is 5.10. The molecule has 22 heavy (non-hydrogen) atoms. The van der Waals surface area contributed by atoms with Gasteiger partial charge in [-0.25, -0.2) is 0 Å². The smallest absolute Gasteiger partial charge is 0.309 e. The van der Waals surface area contributed by atoms with E-state index >= 15 is 0 Å². The number of carbonyl (C=O) groups excluding carboxylic acids is 1. The maximum absolute atomic E-state index is 11.6. The number of hydrogen-bond acceptors (Lipinski definition) is 7. The summed E-state index contributed by atoms with van der Waals surface area (Å²) in [6.45, 7) is 1.66. The Hall–Kier alpha value is -2.77. The molecule has 0 saturated heterocycles. The van der Waals surface area contributed by atoms with Gasteiger partial charge in [-0.05, 0) is 31.9 Å². The van der Waals surface area contributed by atoms with E-state index in [1.54, 1.807) is 6.92 Å². The van der Waals surface area contributed by atoms with Crippen molar-refractivity contribution in [3.63, 3.8) is 0 Å². The third kappa shape index (κ3) is 2.95. The van der Waals surface area contributed by atoms with E-state index in [1.807, 2.05) is 0 Å². The number of hydrogen-bond donors (Lipinski definition) is 0. The summed E-state index contributed by atoms with van der Waals surface area (Å²) in [5, 5.41) is 18.3. The lowest BCUT2D eigenvalue weighted by atomic mass is 10.2. The predicted molar refractivity (Wildman–Crippen MR) is 73.6 cm³/mol. The van der Waals surface area contributed by atoms with Crippen molar-refractivity contribution >= 4 is 11.7 Å². The average molecular weight is 303 g/mol. The number of nitro benzene ring substituents is 1. The van der Waals surface area contributed by atoms with Crippen LogP contribution in [0.25, 0.3) is 11.5 Å². The second kappa shape index (κ2) is 5.55. The quantitative estimate of drug-likeness (QED) is 0.474. The average Bonchev–Trinajstić information content (AvgIpc) is 3.24. The van der Waals surface area contributed by atoms with Crippen molar-refractivity contribution in [2.24, 2.45) is 5.92 Å². The molecule has 1 saturated carbocycles. The van der Waals surface area contributed by atoms with Gasteiger partial charge < -0.3 is 9.15 Å². The van der Waals surface area contributed by atoms with Crippen LogP contribution >= 0.6 is 0 Å². The number of carbonyl (C=O) groups is 1. The number of esters is 1. The van der Waals surface area contributed by atoms with Gasteiger partial charge in [0.1, 0.15) is 0 Å². The zero-order chi connectivity index (χ0) is 15.7. The van der Waals surface area contributed by atoms with Gasteiger partial charge in [0.15, 0.2) is 6.10 Å². The summed E-state index contributed by atoms with van der Waals surface area (Å²) < 4.78 is 10.7. The van der Waals surface area contributed by atoms with Gasteiger partial charge >= 0.3 is 5.97 Å². The molecular weight excluding hydrogens is 290 g/mol. The number of aromatic nitrogens is 2. The Morgan fingerprint density at radius 1 is 1.36 bits per heavy atom. The van der Waals surface area contributed by atoms with E-state index in [0.29, 0.717) is 5.56 Å². The topological polar surface area (TPSA) is 108 Å². The molecule has 0 N–H and O–H groups in total. The minimum absolute atomic E-state index is 0.000450. The summed E-state index contributed by atoms with van der Waals surface area (Å²) in [6, 6.07) is 5.76. The van der Waals surface area contributed by atoms with Gasteiger partial charge in [0, 0.05) is 17.7 Å². The highest BCUT2D eigenvalue weighted by Gasteiger charge is 2.33. The fraction of sp³-hybridized carbons (Fsp3) is 0.357. The van der Waals surface area contributed by atoms with E-state index in [2.05, 4.69) is 10.2 Å². The molecule has 1 aromatic heterocycles. The third-order valence-electron chi connectivity index (χ3n) is 3.32. The van der Waals surface area contributed by atoms with Gasteiger partial charge in [0.2, 0.25) is 5.89 Å². The Morgan fingerprint density at radius 3 is 2.64 bits per heavy atom. The summed E-state index contributed by atoms with van der Waals surface area (Å²) >= 11 is 0. The Labute approximate surface area is 125 Å². The zero-order valence-corrected chi connectivity index (χ0v) is 11.8. The summed E-state index contributed by atoms with van der Waals surface area (Å²) in [4.78, 5) is 21.7. The molecule has 0 radical (unpaired) electrons. The Balaban J connectivity index is 1.72. The van der Waals surface area contributed by atoms with Crippen LogP contribution in [-0.4, -0.2) is 21.1 Å². The minimum Gasteiger partial charge on any atom is -0.452 e. The molecule has 1 atom stereocenters. The first-order valence-corrected chi connectivity index (χ1v) is 6.83. The Morgan fingerprint density at radius 2 is 2.05 bits per heavy atom. The Bertz CT molecular complexity index is 706. The number of nitrogens with zero attached hydrogens (tertiary/aromatic N) is 3. The van der Waals surface area contributed by atoms with Crippen LogP contribution in [0.2, 0.25) is 0 Å². The van der Waals surface area contributed by atoms with Crippen LogP contribution in [0.4, 0.5) is 5.69 Å². The molecule has 1 aliphatic rings. The van der Waals surface area contributed by atoms with Crippen LogP contribution < -0.4 is 0 Å². The van der Waals surface area contributed by atoms with Gasteiger partial charge in [0.05, 0.1) is 10.8 Å². The van der Waals surface area contributed by atoms with Crippen molar-refractivity contribution in [2.75, 3.05) is 0 Å². The molecule has 0 unspecified atom stereocenters. The molecule has 1 aliphatic carbocycles. The van der Waals surface area contributed by atoms with Gasteiger partial charge in [-0.2, -0.15) is 0 Å². The number of nitro groups is 1. The molecule has 0 aliphatic heterocycles. The third-order valence-corrected chi connectivity index (χ3v) is 3.32. The van der Waals surface area contributed by atoms with E-state index in [-0.39, 0.29) is 29.4 Å². The lowest BCUT2D eigenvalue weighted by Gasteiger charge is -2.08. The van der Waals surface area contributed by atoms with Crippen LogP contribution in [0.5, 0.6) is 0 Å². The molecule has 114 valence electrons. The Kier molecular flexibility index (Phi) is 3.58. The molecule has 1 heterocycles. The SMILES string of the molecule is C[C@H](OC(=O)C1CC1)c1nnc(-c2ccc([N+](=O)[O-])cc2)o1. The number of rotatable bonds is 5. The summed E-state index contributed by atoms with van der Waals surface area (Å²) in [6.07, 6.45) is 1.11. The van der Waals surface area contributed by atoms with Crippen LogP contribution in [0.15, 0.2) is 28.7 Å². The first-order valence-electron chi connectivity index (χ1n) is 6.83. The lowest BCUT2D eigenvalue weighted by molar-refractivity contribution is -0.384. The van der Waals surface area contributed by atoms with E-state index in [9.17, 15) is 14.9 Å². The molecule has 0 bridgehead atoms. The van der Waals surface area contributed by atoms with Crippen LogP contribution in [-0.2, 0) is 9.53 Å². The molecule has 2 aromatic rings. The lowest BCUT2D eigenvalue weighted by Crippen LogP contribution is -2.10. The molecular formula is C14H13N3O5. The highest BCUT2D eigenvalue weighted by atomic mass is 16.6. The van der Waals surface area contributed by atoms with E-state index in [1.165, 1.54) is 24.3 Å². The summed E-state index contributed by atoms with van der Waals surface area (Å²) in [5.74, 6) is 0.170. The molecule has 1 fully saturated rings. The van der Waals surface area contributed by atoms with Gasteiger partial charge in [-0.3, -0.25) is 14.9 Å².